The highest BCUT2D eigenvalue weighted by molar-refractivity contribution is 5.65. The van der Waals surface area contributed by atoms with E-state index in [1.165, 1.54) is 0 Å². The minimum Gasteiger partial charge on any atom is -0.399 e. The van der Waals surface area contributed by atoms with Gasteiger partial charge in [-0.05, 0) is 6.07 Å². The zero-order valence-corrected chi connectivity index (χ0v) is 5.95. The molecule has 0 spiro atoms. The molecule has 6 heteroatoms. The number of anilines is 2. The maximum atomic E-state index is 12.8. The molecule has 4 N–H and O–H groups in total. The Morgan fingerprint density at radius 1 is 1.42 bits per heavy atom. The van der Waals surface area contributed by atoms with Gasteiger partial charge in [0.1, 0.15) is 5.69 Å². The second-order valence-electron chi connectivity index (χ2n) is 2.20. The molecule has 1 aromatic rings. The van der Waals surface area contributed by atoms with Gasteiger partial charge in [-0.2, -0.15) is 4.39 Å². The van der Waals surface area contributed by atoms with Crippen molar-refractivity contribution in [3.05, 3.63) is 28.1 Å². The molecule has 0 heterocycles. The third-order valence-electron chi connectivity index (χ3n) is 1.30. The van der Waals surface area contributed by atoms with Gasteiger partial charge in [0.25, 0.3) is 0 Å². The molecule has 0 unspecified atom stereocenters. The average molecular weight is 171 g/mol. The number of nitrogens with zero attached hydrogens (tertiary/aromatic N) is 1. The van der Waals surface area contributed by atoms with Crippen molar-refractivity contribution in [1.29, 1.82) is 0 Å². The second-order valence-corrected chi connectivity index (χ2v) is 2.20. The van der Waals surface area contributed by atoms with E-state index in [4.69, 9.17) is 11.5 Å². The van der Waals surface area contributed by atoms with Crippen LogP contribution in [0.2, 0.25) is 0 Å². The van der Waals surface area contributed by atoms with Crippen molar-refractivity contribution in [3.63, 3.8) is 0 Å². The van der Waals surface area contributed by atoms with Gasteiger partial charge in [0.05, 0.1) is 4.92 Å². The van der Waals surface area contributed by atoms with Gasteiger partial charge in [-0.15, -0.1) is 0 Å². The van der Waals surface area contributed by atoms with Crippen LogP contribution in [0.1, 0.15) is 0 Å². The number of nitrogen functional groups attached to an aromatic ring is 2. The summed E-state index contributed by atoms with van der Waals surface area (Å²) in [5.74, 6) is -1.02. The molecule has 0 saturated heterocycles. The van der Waals surface area contributed by atoms with Crippen LogP contribution < -0.4 is 11.5 Å². The molecule has 1 aromatic carbocycles. The average Bonchev–Trinajstić information content (AvgIpc) is 1.82. The normalized spacial score (nSPS) is 9.75. The quantitative estimate of drug-likeness (QED) is 0.372. The third-order valence-corrected chi connectivity index (χ3v) is 1.30. The topological polar surface area (TPSA) is 95.2 Å². The van der Waals surface area contributed by atoms with E-state index in [1.807, 2.05) is 0 Å². The molecule has 0 amide bonds. The molecule has 12 heavy (non-hydrogen) atoms. The summed E-state index contributed by atoms with van der Waals surface area (Å²) in [4.78, 5) is 9.31. The lowest BCUT2D eigenvalue weighted by molar-refractivity contribution is -0.386. The van der Waals surface area contributed by atoms with Crippen molar-refractivity contribution in [2.45, 2.75) is 0 Å². The molecule has 0 aliphatic rings. The molecule has 0 radical (unpaired) electrons. The molecule has 5 nitrogen and oxygen atoms in total. The Labute approximate surface area is 66.9 Å². The van der Waals surface area contributed by atoms with E-state index in [0.717, 1.165) is 12.1 Å². The van der Waals surface area contributed by atoms with E-state index in [2.05, 4.69) is 0 Å². The monoisotopic (exact) mass is 171 g/mol. The Bertz CT molecular complexity index is 317. The van der Waals surface area contributed by atoms with Crippen molar-refractivity contribution < 1.29 is 9.31 Å². The predicted octanol–water partition coefficient (Wildman–Crippen LogP) is 0.898. The van der Waals surface area contributed by atoms with Crippen LogP contribution in [0.5, 0.6) is 0 Å². The molecule has 0 aliphatic carbocycles. The lowest BCUT2D eigenvalue weighted by Crippen LogP contribution is -2.00. The number of hydrogen-bond acceptors (Lipinski definition) is 4. The molecular formula is C6H6FN3O2. The van der Waals surface area contributed by atoms with Crippen LogP contribution in [0.25, 0.3) is 0 Å². The number of hydrogen-bond donors (Lipinski definition) is 2. The van der Waals surface area contributed by atoms with Crippen LogP contribution in [-0.2, 0) is 0 Å². The Hall–Kier alpha value is -1.85. The highest BCUT2D eigenvalue weighted by Gasteiger charge is 2.18. The summed E-state index contributed by atoms with van der Waals surface area (Å²) in [7, 11) is 0. The Morgan fingerprint density at radius 2 is 2.00 bits per heavy atom. The lowest BCUT2D eigenvalue weighted by Gasteiger charge is -1.99. The minimum absolute atomic E-state index is 0.0654. The summed E-state index contributed by atoms with van der Waals surface area (Å²) >= 11 is 0. The summed E-state index contributed by atoms with van der Waals surface area (Å²) in [6, 6.07) is 2.00. The van der Waals surface area contributed by atoms with E-state index in [1.54, 1.807) is 0 Å². The van der Waals surface area contributed by atoms with Gasteiger partial charge in [0.15, 0.2) is 0 Å². The first-order valence-electron chi connectivity index (χ1n) is 3.01. The summed E-state index contributed by atoms with van der Waals surface area (Å²) in [5.41, 5.74) is 9.41. The van der Waals surface area contributed by atoms with Gasteiger partial charge in [-0.1, -0.05) is 0 Å². The molecule has 64 valence electrons. The van der Waals surface area contributed by atoms with Gasteiger partial charge in [-0.3, -0.25) is 10.1 Å². The van der Waals surface area contributed by atoms with E-state index in [0.29, 0.717) is 0 Å². The van der Waals surface area contributed by atoms with Gasteiger partial charge >= 0.3 is 5.69 Å². The molecule has 0 aliphatic heterocycles. The highest BCUT2D eigenvalue weighted by Crippen LogP contribution is 2.27. The third kappa shape index (κ3) is 1.26. The summed E-state index contributed by atoms with van der Waals surface area (Å²) in [5, 5.41) is 10.2. The first-order valence-corrected chi connectivity index (χ1v) is 3.01. The number of nitro groups is 1. The van der Waals surface area contributed by atoms with E-state index in [-0.39, 0.29) is 11.4 Å². The SMILES string of the molecule is Nc1cc(N)c([N+](=O)[O-])c(F)c1. The maximum absolute atomic E-state index is 12.8. The zero-order chi connectivity index (χ0) is 9.30. The second kappa shape index (κ2) is 2.65. The van der Waals surface area contributed by atoms with Crippen LogP contribution >= 0.6 is 0 Å². The minimum atomic E-state index is -1.02. The summed E-state index contributed by atoms with van der Waals surface area (Å²) in [6.07, 6.45) is 0. The number of halogens is 1. The first-order chi connectivity index (χ1) is 5.52. The summed E-state index contributed by atoms with van der Waals surface area (Å²) < 4.78 is 12.8. The van der Waals surface area contributed by atoms with Crippen molar-refractivity contribution in [2.75, 3.05) is 11.5 Å². The van der Waals surface area contributed by atoms with Gasteiger partial charge in [0.2, 0.25) is 5.82 Å². The van der Waals surface area contributed by atoms with Gasteiger partial charge in [0, 0.05) is 11.8 Å². The maximum Gasteiger partial charge on any atom is 0.327 e. The molecule has 0 fully saturated rings. The summed E-state index contributed by atoms with van der Waals surface area (Å²) in [6.45, 7) is 0. The Balaban J connectivity index is 3.38. The van der Waals surface area contributed by atoms with Gasteiger partial charge in [-0.25, -0.2) is 0 Å². The standard InChI is InChI=1S/C6H6FN3O2/c7-4-1-3(8)2-5(9)6(4)10(11)12/h1-2H,8-9H2. The molecule has 1 rings (SSSR count). The largest absolute Gasteiger partial charge is 0.399 e. The van der Waals surface area contributed by atoms with Crippen molar-refractivity contribution in [1.82, 2.24) is 0 Å². The van der Waals surface area contributed by atoms with Crippen molar-refractivity contribution in [3.8, 4) is 0 Å². The fourth-order valence-electron chi connectivity index (χ4n) is 0.835. The van der Waals surface area contributed by atoms with E-state index in [9.17, 15) is 14.5 Å². The van der Waals surface area contributed by atoms with E-state index < -0.39 is 16.4 Å². The number of benzene rings is 1. The molecule has 0 atom stereocenters. The smallest absolute Gasteiger partial charge is 0.327 e. The predicted molar refractivity (Wildman–Crippen MR) is 41.9 cm³/mol. The van der Waals surface area contributed by atoms with Crippen LogP contribution in [0.15, 0.2) is 12.1 Å². The first kappa shape index (κ1) is 8.25. The van der Waals surface area contributed by atoms with E-state index >= 15 is 0 Å². The fourth-order valence-corrected chi connectivity index (χ4v) is 0.835. The number of rotatable bonds is 1. The number of nitro benzene ring substituents is 1. The van der Waals surface area contributed by atoms with Crippen LogP contribution in [0.3, 0.4) is 0 Å². The van der Waals surface area contributed by atoms with Gasteiger partial charge < -0.3 is 11.5 Å². The molecule has 0 saturated carbocycles. The zero-order valence-electron chi connectivity index (χ0n) is 5.95. The Morgan fingerprint density at radius 3 is 2.42 bits per heavy atom. The number of nitrogens with two attached hydrogens (primary N) is 2. The highest BCUT2D eigenvalue weighted by atomic mass is 19.1. The van der Waals surface area contributed by atoms with Crippen molar-refractivity contribution >= 4 is 17.1 Å². The van der Waals surface area contributed by atoms with Crippen LogP contribution in [-0.4, -0.2) is 4.92 Å². The lowest BCUT2D eigenvalue weighted by atomic mass is 10.2. The molecular weight excluding hydrogens is 165 g/mol. The Kier molecular flexibility index (Phi) is 1.82. The van der Waals surface area contributed by atoms with Crippen LogP contribution in [0.4, 0.5) is 21.5 Å². The fraction of sp³-hybridized carbons (Fsp3) is 0. The molecule has 0 aromatic heterocycles. The van der Waals surface area contributed by atoms with Crippen LogP contribution in [0, 0.1) is 15.9 Å². The molecule has 0 bridgehead atoms. The van der Waals surface area contributed by atoms with Crippen molar-refractivity contribution in [2.24, 2.45) is 0 Å².